The van der Waals surface area contributed by atoms with Crippen LogP contribution in [0.5, 0.6) is 0 Å². The lowest BCUT2D eigenvalue weighted by Crippen LogP contribution is -2.45. The van der Waals surface area contributed by atoms with Crippen molar-refractivity contribution in [2.75, 3.05) is 26.2 Å². The largest absolute Gasteiger partial charge is 0.481 e. The average Bonchev–Trinajstić information content (AvgIpc) is 3.02. The first kappa shape index (κ1) is 17.2. The van der Waals surface area contributed by atoms with Crippen LogP contribution in [0, 0.1) is 28.6 Å². The van der Waals surface area contributed by atoms with E-state index in [4.69, 9.17) is 5.26 Å². The lowest BCUT2D eigenvalue weighted by atomic mass is 9.81. The molecule has 3 atom stereocenters. The molecule has 124 valence electrons. The van der Waals surface area contributed by atoms with Crippen LogP contribution in [0.2, 0.25) is 0 Å². The molecule has 0 aromatic carbocycles. The van der Waals surface area contributed by atoms with Gasteiger partial charge in [0.1, 0.15) is 0 Å². The van der Waals surface area contributed by atoms with Gasteiger partial charge in [0.25, 0.3) is 10.2 Å². The fourth-order valence-electron chi connectivity index (χ4n) is 3.66. The van der Waals surface area contributed by atoms with Crippen LogP contribution in [0.3, 0.4) is 0 Å². The van der Waals surface area contributed by atoms with Crippen LogP contribution in [-0.2, 0) is 15.0 Å². The van der Waals surface area contributed by atoms with Gasteiger partial charge in [0.2, 0.25) is 0 Å². The van der Waals surface area contributed by atoms with Crippen molar-refractivity contribution in [3.8, 4) is 6.07 Å². The van der Waals surface area contributed by atoms with Crippen molar-refractivity contribution in [1.82, 2.24) is 8.61 Å². The van der Waals surface area contributed by atoms with Gasteiger partial charge in [-0.05, 0) is 25.7 Å². The Balaban J connectivity index is 2.21. The number of nitrogens with zero attached hydrogens (tertiary/aromatic N) is 3. The van der Waals surface area contributed by atoms with Gasteiger partial charge >= 0.3 is 5.97 Å². The predicted octanol–water partition coefficient (Wildman–Crippen LogP) is 0.899. The third-order valence-corrected chi connectivity index (χ3v) is 6.96. The third kappa shape index (κ3) is 2.73. The molecule has 2 fully saturated rings. The molecule has 0 aromatic heterocycles. The quantitative estimate of drug-likeness (QED) is 0.780. The van der Waals surface area contributed by atoms with Crippen LogP contribution in [0.4, 0.5) is 0 Å². The summed E-state index contributed by atoms with van der Waals surface area (Å²) in [6, 6.07) is 2.04. The fourth-order valence-corrected chi connectivity index (χ4v) is 5.49. The molecule has 1 unspecified atom stereocenters. The molecule has 1 N–H and O–H groups in total. The summed E-state index contributed by atoms with van der Waals surface area (Å²) in [7, 11) is -3.72. The second-order valence-electron chi connectivity index (χ2n) is 6.33. The molecule has 8 heteroatoms. The summed E-state index contributed by atoms with van der Waals surface area (Å²) in [5.41, 5.74) is -0.923. The smallest absolute Gasteiger partial charge is 0.311 e. The molecule has 0 amide bonds. The summed E-state index contributed by atoms with van der Waals surface area (Å²) >= 11 is 0. The standard InChI is InChI=1S/C14H23N3O4S/c1-3-16(8-11(2)7-15)22(20,21)17-9-12-5-4-6-14(12,10-17)13(18)19/h11-12H,3-6,8-10H2,1-2H3,(H,18,19)/t11?,12-,14+/m0/s1. The van der Waals surface area contributed by atoms with Crippen LogP contribution in [0.1, 0.15) is 33.1 Å². The first-order chi connectivity index (χ1) is 10.3. The van der Waals surface area contributed by atoms with Gasteiger partial charge in [-0.25, -0.2) is 0 Å². The SMILES string of the molecule is CCN(CC(C)C#N)S(=O)(=O)N1C[C@@H]2CCC[C@@]2(C(=O)O)C1. The molecule has 1 aliphatic carbocycles. The van der Waals surface area contributed by atoms with Gasteiger partial charge in [-0.2, -0.15) is 22.3 Å². The topological polar surface area (TPSA) is 102 Å². The minimum atomic E-state index is -3.72. The van der Waals surface area contributed by atoms with Crippen LogP contribution >= 0.6 is 0 Å². The van der Waals surface area contributed by atoms with Crippen LogP contribution in [0.15, 0.2) is 0 Å². The van der Waals surface area contributed by atoms with E-state index in [1.165, 1.54) is 8.61 Å². The van der Waals surface area contributed by atoms with Crippen molar-refractivity contribution in [2.45, 2.75) is 33.1 Å². The first-order valence-electron chi connectivity index (χ1n) is 7.66. The van der Waals surface area contributed by atoms with Crippen molar-refractivity contribution in [3.05, 3.63) is 0 Å². The van der Waals surface area contributed by atoms with Crippen molar-refractivity contribution in [1.29, 1.82) is 5.26 Å². The number of hydrogen-bond donors (Lipinski definition) is 1. The lowest BCUT2D eigenvalue weighted by Gasteiger charge is -2.28. The Bertz CT molecular complexity index is 585. The van der Waals surface area contributed by atoms with E-state index in [1.54, 1.807) is 13.8 Å². The Morgan fingerprint density at radius 1 is 1.59 bits per heavy atom. The van der Waals surface area contributed by atoms with E-state index in [0.717, 1.165) is 12.8 Å². The average molecular weight is 329 g/mol. The number of rotatable bonds is 6. The molecule has 0 radical (unpaired) electrons. The molecule has 7 nitrogen and oxygen atoms in total. The van der Waals surface area contributed by atoms with Gasteiger partial charge in [-0.15, -0.1) is 0 Å². The number of carbonyl (C=O) groups is 1. The Labute approximate surface area is 131 Å². The van der Waals surface area contributed by atoms with Crippen LogP contribution < -0.4 is 0 Å². The van der Waals surface area contributed by atoms with Gasteiger partial charge in [-0.1, -0.05) is 13.3 Å². The second-order valence-corrected chi connectivity index (χ2v) is 8.26. The van der Waals surface area contributed by atoms with E-state index in [9.17, 15) is 18.3 Å². The Morgan fingerprint density at radius 3 is 2.77 bits per heavy atom. The third-order valence-electron chi connectivity index (χ3n) is 4.97. The van der Waals surface area contributed by atoms with E-state index in [-0.39, 0.29) is 32.1 Å². The summed E-state index contributed by atoms with van der Waals surface area (Å²) in [4.78, 5) is 11.7. The predicted molar refractivity (Wildman–Crippen MR) is 79.9 cm³/mol. The number of aliphatic carboxylic acids is 1. The number of fused-ring (bicyclic) bond motifs is 1. The molecule has 22 heavy (non-hydrogen) atoms. The maximum atomic E-state index is 12.8. The highest BCUT2D eigenvalue weighted by atomic mass is 32.2. The molecular weight excluding hydrogens is 306 g/mol. The molecule has 2 aliphatic rings. The molecule has 0 aromatic rings. The lowest BCUT2D eigenvalue weighted by molar-refractivity contribution is -0.149. The Kier molecular flexibility index (Phi) is 4.80. The minimum absolute atomic E-state index is 0.0484. The molecule has 1 saturated heterocycles. The van der Waals surface area contributed by atoms with E-state index in [1.807, 2.05) is 6.07 Å². The summed E-state index contributed by atoms with van der Waals surface area (Å²) in [6.07, 6.45) is 2.15. The highest BCUT2D eigenvalue weighted by molar-refractivity contribution is 7.86. The molecule has 1 saturated carbocycles. The maximum Gasteiger partial charge on any atom is 0.311 e. The van der Waals surface area contributed by atoms with Crippen LogP contribution in [-0.4, -0.2) is 54.3 Å². The normalized spacial score (nSPS) is 30.2. The Hall–Kier alpha value is -1.17. The monoisotopic (exact) mass is 329 g/mol. The van der Waals surface area contributed by atoms with Crippen molar-refractivity contribution < 1.29 is 18.3 Å². The van der Waals surface area contributed by atoms with Gasteiger partial charge in [0.15, 0.2) is 0 Å². The van der Waals surface area contributed by atoms with Gasteiger partial charge in [0.05, 0.1) is 17.4 Å². The summed E-state index contributed by atoms with van der Waals surface area (Å²) in [6.45, 7) is 4.13. The van der Waals surface area contributed by atoms with E-state index in [2.05, 4.69) is 0 Å². The zero-order valence-electron chi connectivity index (χ0n) is 13.0. The van der Waals surface area contributed by atoms with E-state index < -0.39 is 27.5 Å². The minimum Gasteiger partial charge on any atom is -0.481 e. The van der Waals surface area contributed by atoms with Gasteiger partial charge in [-0.3, -0.25) is 4.79 Å². The number of nitriles is 1. The molecule has 0 spiro atoms. The fraction of sp³-hybridized carbons (Fsp3) is 0.857. The van der Waals surface area contributed by atoms with Gasteiger partial charge in [0, 0.05) is 26.2 Å². The summed E-state index contributed by atoms with van der Waals surface area (Å²) in [5.74, 6) is -1.39. The highest BCUT2D eigenvalue weighted by Gasteiger charge is 2.57. The Morgan fingerprint density at radius 2 is 2.27 bits per heavy atom. The molecule has 1 aliphatic heterocycles. The first-order valence-corrected chi connectivity index (χ1v) is 9.06. The van der Waals surface area contributed by atoms with Crippen molar-refractivity contribution >= 4 is 16.2 Å². The van der Waals surface area contributed by atoms with Crippen molar-refractivity contribution in [2.24, 2.45) is 17.3 Å². The van der Waals surface area contributed by atoms with Crippen molar-refractivity contribution in [3.63, 3.8) is 0 Å². The second kappa shape index (κ2) is 6.14. The van der Waals surface area contributed by atoms with E-state index in [0.29, 0.717) is 6.42 Å². The zero-order valence-corrected chi connectivity index (χ0v) is 13.8. The number of carboxylic acid groups (broad SMARTS) is 1. The molecule has 0 bridgehead atoms. The maximum absolute atomic E-state index is 12.8. The van der Waals surface area contributed by atoms with E-state index >= 15 is 0 Å². The summed E-state index contributed by atoms with van der Waals surface area (Å²) < 4.78 is 28.1. The highest BCUT2D eigenvalue weighted by Crippen LogP contribution is 2.49. The zero-order chi connectivity index (χ0) is 16.5. The molecule has 2 rings (SSSR count). The van der Waals surface area contributed by atoms with Crippen LogP contribution in [0.25, 0.3) is 0 Å². The number of hydrogen-bond acceptors (Lipinski definition) is 4. The number of carboxylic acids is 1. The molecular formula is C14H23N3O4S. The van der Waals surface area contributed by atoms with Gasteiger partial charge < -0.3 is 5.11 Å². The molecule has 1 heterocycles. The summed E-state index contributed by atoms with van der Waals surface area (Å²) in [5, 5.41) is 18.5.